The Hall–Kier alpha value is -1.06. The van der Waals surface area contributed by atoms with Crippen LogP contribution in [0.1, 0.15) is 25.0 Å². The zero-order chi connectivity index (χ0) is 10.7. The lowest BCUT2D eigenvalue weighted by atomic mass is 10.0. The molecule has 2 rings (SSSR count). The van der Waals surface area contributed by atoms with Crippen LogP contribution in [0.2, 0.25) is 0 Å². The normalized spacial score (nSPS) is 24.4. The third-order valence-electron chi connectivity index (χ3n) is 2.53. The van der Waals surface area contributed by atoms with E-state index in [1.54, 1.807) is 0 Å². The molecular weight excluding hydrogens is 192 g/mol. The molecule has 1 aromatic carbocycles. The van der Waals surface area contributed by atoms with Gasteiger partial charge in [0, 0.05) is 12.2 Å². The molecule has 1 aliphatic heterocycles. The van der Waals surface area contributed by atoms with Gasteiger partial charge in [-0.2, -0.15) is 0 Å². The summed E-state index contributed by atoms with van der Waals surface area (Å²) in [6, 6.07) is 7.54. The zero-order valence-electron chi connectivity index (χ0n) is 8.85. The van der Waals surface area contributed by atoms with Crippen molar-refractivity contribution in [2.45, 2.75) is 25.6 Å². The summed E-state index contributed by atoms with van der Waals surface area (Å²) in [5.74, 6) is 0.765. The second-order valence-corrected chi connectivity index (χ2v) is 3.70. The van der Waals surface area contributed by atoms with Crippen LogP contribution in [0.4, 0.5) is 0 Å². The largest absolute Gasteiger partial charge is 0.490 e. The molecular formula is C12H16O3. The lowest BCUT2D eigenvalue weighted by molar-refractivity contribution is -0.0718. The van der Waals surface area contributed by atoms with Gasteiger partial charge in [0.15, 0.2) is 0 Å². The number of rotatable bonds is 3. The van der Waals surface area contributed by atoms with E-state index < -0.39 is 6.10 Å². The fourth-order valence-corrected chi connectivity index (χ4v) is 1.73. The van der Waals surface area contributed by atoms with Gasteiger partial charge in [-0.3, -0.25) is 0 Å². The maximum Gasteiger partial charge on any atom is 0.125 e. The Balaban J connectivity index is 2.11. The molecule has 0 spiro atoms. The van der Waals surface area contributed by atoms with E-state index in [4.69, 9.17) is 9.47 Å². The van der Waals surface area contributed by atoms with E-state index in [-0.39, 0.29) is 6.10 Å². The number of ether oxygens (including phenoxy) is 2. The van der Waals surface area contributed by atoms with Gasteiger partial charge in [0.1, 0.15) is 24.6 Å². The molecule has 1 aliphatic rings. The number of aliphatic hydroxyl groups is 1. The predicted molar refractivity (Wildman–Crippen MR) is 56.9 cm³/mol. The van der Waals surface area contributed by atoms with Crippen molar-refractivity contribution in [3.63, 3.8) is 0 Å². The van der Waals surface area contributed by atoms with Gasteiger partial charge in [-0.15, -0.1) is 0 Å². The molecule has 0 aromatic heterocycles. The van der Waals surface area contributed by atoms with E-state index in [2.05, 4.69) is 0 Å². The molecule has 0 fully saturated rings. The first-order chi connectivity index (χ1) is 7.33. The Morgan fingerprint density at radius 3 is 3.07 bits per heavy atom. The third-order valence-corrected chi connectivity index (χ3v) is 2.53. The maximum atomic E-state index is 10.0. The van der Waals surface area contributed by atoms with Gasteiger partial charge >= 0.3 is 0 Å². The zero-order valence-corrected chi connectivity index (χ0v) is 8.85. The number of aliphatic hydroxyl groups excluding tert-OH is 1. The summed E-state index contributed by atoms with van der Waals surface area (Å²) in [5, 5.41) is 10.0. The highest BCUT2D eigenvalue weighted by atomic mass is 16.5. The highest BCUT2D eigenvalue weighted by Crippen LogP contribution is 2.32. The summed E-state index contributed by atoms with van der Waals surface area (Å²) in [4.78, 5) is 0. The van der Waals surface area contributed by atoms with Gasteiger partial charge < -0.3 is 14.6 Å². The highest BCUT2D eigenvalue weighted by molar-refractivity contribution is 5.37. The molecule has 0 saturated heterocycles. The molecule has 1 aromatic rings. The van der Waals surface area contributed by atoms with Gasteiger partial charge in [0.25, 0.3) is 0 Å². The highest BCUT2D eigenvalue weighted by Gasteiger charge is 2.29. The Bertz CT molecular complexity index is 324. The second kappa shape index (κ2) is 4.64. The minimum absolute atomic E-state index is 0.236. The van der Waals surface area contributed by atoms with Crippen molar-refractivity contribution in [1.29, 1.82) is 0 Å². The molecule has 0 aliphatic carbocycles. The molecule has 0 radical (unpaired) electrons. The van der Waals surface area contributed by atoms with Crippen molar-refractivity contribution < 1.29 is 14.6 Å². The van der Waals surface area contributed by atoms with E-state index in [0.717, 1.165) is 17.7 Å². The minimum Gasteiger partial charge on any atom is -0.490 e. The summed E-state index contributed by atoms with van der Waals surface area (Å²) in [6.45, 7) is 3.13. The first-order valence-corrected chi connectivity index (χ1v) is 5.34. The molecule has 0 bridgehead atoms. The van der Waals surface area contributed by atoms with E-state index in [1.807, 2.05) is 31.2 Å². The first-order valence-electron chi connectivity index (χ1n) is 5.34. The molecule has 0 amide bonds. The second-order valence-electron chi connectivity index (χ2n) is 3.70. The predicted octanol–water partition coefficient (Wildman–Crippen LogP) is 1.91. The number of para-hydroxylation sites is 1. The SMILES string of the molecule is CCCOC1COc2ccccc2C1O. The van der Waals surface area contributed by atoms with Crippen LogP contribution in [-0.2, 0) is 4.74 Å². The molecule has 82 valence electrons. The lowest BCUT2D eigenvalue weighted by Gasteiger charge is -2.30. The van der Waals surface area contributed by atoms with Crippen molar-refractivity contribution in [2.75, 3.05) is 13.2 Å². The standard InChI is InChI=1S/C12H16O3/c1-2-7-14-11-8-15-10-6-4-3-5-9(10)12(11)13/h3-6,11-13H,2,7-8H2,1H3. The van der Waals surface area contributed by atoms with Gasteiger partial charge in [-0.25, -0.2) is 0 Å². The summed E-state index contributed by atoms with van der Waals surface area (Å²) >= 11 is 0. The van der Waals surface area contributed by atoms with Crippen LogP contribution < -0.4 is 4.74 Å². The van der Waals surface area contributed by atoms with Crippen molar-refractivity contribution in [3.05, 3.63) is 29.8 Å². The average Bonchev–Trinajstić information content (AvgIpc) is 2.29. The number of benzene rings is 1. The fraction of sp³-hybridized carbons (Fsp3) is 0.500. The number of hydrogen-bond acceptors (Lipinski definition) is 3. The molecule has 15 heavy (non-hydrogen) atoms. The van der Waals surface area contributed by atoms with Crippen LogP contribution >= 0.6 is 0 Å². The fourth-order valence-electron chi connectivity index (χ4n) is 1.73. The van der Waals surface area contributed by atoms with Crippen LogP contribution in [-0.4, -0.2) is 24.4 Å². The minimum atomic E-state index is -0.568. The molecule has 3 heteroatoms. The summed E-state index contributed by atoms with van der Waals surface area (Å²) in [7, 11) is 0. The molecule has 1 heterocycles. The van der Waals surface area contributed by atoms with Crippen LogP contribution in [0.15, 0.2) is 24.3 Å². The van der Waals surface area contributed by atoms with Crippen molar-refractivity contribution in [2.24, 2.45) is 0 Å². The molecule has 3 nitrogen and oxygen atoms in total. The van der Waals surface area contributed by atoms with Gasteiger partial charge in [0.05, 0.1) is 0 Å². The molecule has 0 saturated carbocycles. The average molecular weight is 208 g/mol. The maximum absolute atomic E-state index is 10.0. The van der Waals surface area contributed by atoms with Crippen molar-refractivity contribution in [1.82, 2.24) is 0 Å². The Kier molecular flexibility index (Phi) is 3.23. The number of hydrogen-bond donors (Lipinski definition) is 1. The van der Waals surface area contributed by atoms with Crippen LogP contribution in [0, 0.1) is 0 Å². The van der Waals surface area contributed by atoms with Crippen LogP contribution in [0.3, 0.4) is 0 Å². The third kappa shape index (κ3) is 2.13. The first kappa shape index (κ1) is 10.5. The van der Waals surface area contributed by atoms with Crippen LogP contribution in [0.5, 0.6) is 5.75 Å². The monoisotopic (exact) mass is 208 g/mol. The van der Waals surface area contributed by atoms with E-state index >= 15 is 0 Å². The van der Waals surface area contributed by atoms with Crippen LogP contribution in [0.25, 0.3) is 0 Å². The van der Waals surface area contributed by atoms with E-state index in [9.17, 15) is 5.11 Å². The smallest absolute Gasteiger partial charge is 0.125 e. The van der Waals surface area contributed by atoms with Gasteiger partial charge in [0.2, 0.25) is 0 Å². The number of fused-ring (bicyclic) bond motifs is 1. The van der Waals surface area contributed by atoms with E-state index in [1.165, 1.54) is 0 Å². The van der Waals surface area contributed by atoms with Crippen molar-refractivity contribution in [3.8, 4) is 5.75 Å². The summed E-state index contributed by atoms with van der Waals surface area (Å²) < 4.78 is 11.0. The van der Waals surface area contributed by atoms with Crippen molar-refractivity contribution >= 4 is 0 Å². The van der Waals surface area contributed by atoms with E-state index in [0.29, 0.717) is 13.2 Å². The van der Waals surface area contributed by atoms with Gasteiger partial charge in [-0.1, -0.05) is 25.1 Å². The molecule has 1 N–H and O–H groups in total. The Morgan fingerprint density at radius 1 is 1.47 bits per heavy atom. The quantitative estimate of drug-likeness (QED) is 0.824. The van der Waals surface area contributed by atoms with Gasteiger partial charge in [-0.05, 0) is 12.5 Å². The summed E-state index contributed by atoms with van der Waals surface area (Å²) in [6.07, 6.45) is 0.145. The Morgan fingerprint density at radius 2 is 2.27 bits per heavy atom. The molecule has 2 atom stereocenters. The Labute approximate surface area is 89.6 Å². The lowest BCUT2D eigenvalue weighted by Crippen LogP contribution is -2.33. The summed E-state index contributed by atoms with van der Waals surface area (Å²) in [5.41, 5.74) is 0.824. The molecule has 2 unspecified atom stereocenters. The topological polar surface area (TPSA) is 38.7 Å².